The van der Waals surface area contributed by atoms with Crippen LogP contribution in [0.25, 0.3) is 6.08 Å². The number of ether oxygens (including phenoxy) is 3. The fourth-order valence-electron chi connectivity index (χ4n) is 4.49. The molecule has 5 amide bonds. The molecule has 11 heteroatoms. The zero-order chi connectivity index (χ0) is 31.9. The van der Waals surface area contributed by atoms with Gasteiger partial charge in [-0.3, -0.25) is 19.7 Å². The minimum Gasteiger partial charge on any atom is -0.493 e. The number of hydrogen-bond donors (Lipinski definition) is 2. The number of aryl methyl sites for hydroxylation is 1. The predicted molar refractivity (Wildman–Crippen MR) is 172 cm³/mol. The van der Waals surface area contributed by atoms with Crippen LogP contribution < -0.4 is 29.7 Å². The number of amides is 5. The van der Waals surface area contributed by atoms with Crippen LogP contribution in [-0.4, -0.2) is 37.5 Å². The lowest BCUT2D eigenvalue weighted by molar-refractivity contribution is -0.122. The van der Waals surface area contributed by atoms with Crippen molar-refractivity contribution in [2.75, 3.05) is 23.9 Å². The number of barbiturate groups is 1. The first-order valence-corrected chi connectivity index (χ1v) is 14.6. The van der Waals surface area contributed by atoms with E-state index >= 15 is 0 Å². The van der Waals surface area contributed by atoms with Crippen molar-refractivity contribution in [1.29, 1.82) is 0 Å². The maximum atomic E-state index is 13.4. The van der Waals surface area contributed by atoms with E-state index in [9.17, 15) is 19.2 Å². The fraction of sp³-hybridized carbons (Fsp3) is 0.118. The summed E-state index contributed by atoms with van der Waals surface area (Å²) in [6.45, 7) is 1.94. The molecule has 0 atom stereocenters. The molecule has 228 valence electrons. The van der Waals surface area contributed by atoms with Crippen LogP contribution >= 0.6 is 15.9 Å². The summed E-state index contributed by atoms with van der Waals surface area (Å²) in [5.41, 5.74) is 2.98. The number of carbonyl (C=O) groups is 4. The molecule has 4 aromatic carbocycles. The molecule has 1 aliphatic heterocycles. The highest BCUT2D eigenvalue weighted by atomic mass is 79.9. The van der Waals surface area contributed by atoms with E-state index in [1.54, 1.807) is 42.5 Å². The summed E-state index contributed by atoms with van der Waals surface area (Å²) in [6.07, 6.45) is 1.34. The lowest BCUT2D eigenvalue weighted by atomic mass is 10.1. The number of rotatable bonds is 10. The number of urea groups is 1. The van der Waals surface area contributed by atoms with Crippen LogP contribution in [0.1, 0.15) is 16.7 Å². The molecule has 2 N–H and O–H groups in total. The van der Waals surface area contributed by atoms with Crippen LogP contribution in [0.2, 0.25) is 0 Å². The van der Waals surface area contributed by atoms with Gasteiger partial charge in [0.25, 0.3) is 17.7 Å². The molecule has 45 heavy (non-hydrogen) atoms. The molecule has 0 aromatic heterocycles. The predicted octanol–water partition coefficient (Wildman–Crippen LogP) is 6.03. The SMILES string of the molecule is COc1cc(/C=C2/C(=O)NC(=O)N(c3ccc(OCc4ccccc4)cc3)C2=O)cc(Br)c1OCC(=O)Nc1ccccc1C. The number of nitrogens with zero attached hydrogens (tertiary/aromatic N) is 1. The lowest BCUT2D eigenvalue weighted by Gasteiger charge is -2.26. The van der Waals surface area contributed by atoms with Gasteiger partial charge in [0.2, 0.25) is 0 Å². The number of anilines is 2. The third kappa shape index (κ3) is 7.39. The topological polar surface area (TPSA) is 123 Å². The van der Waals surface area contributed by atoms with Crippen molar-refractivity contribution in [2.45, 2.75) is 13.5 Å². The molecule has 0 bridgehead atoms. The Kier molecular flexibility index (Phi) is 9.59. The molecule has 0 spiro atoms. The van der Waals surface area contributed by atoms with Gasteiger partial charge in [-0.1, -0.05) is 48.5 Å². The number of methoxy groups -OCH3 is 1. The van der Waals surface area contributed by atoms with Gasteiger partial charge in [-0.05, 0) is 88.1 Å². The molecule has 0 aliphatic carbocycles. The van der Waals surface area contributed by atoms with Crippen molar-refractivity contribution in [3.05, 3.63) is 118 Å². The Morgan fingerprint density at radius 1 is 0.933 bits per heavy atom. The molecule has 1 fully saturated rings. The highest BCUT2D eigenvalue weighted by Crippen LogP contribution is 2.37. The zero-order valence-corrected chi connectivity index (χ0v) is 25.9. The van der Waals surface area contributed by atoms with Gasteiger partial charge < -0.3 is 19.5 Å². The quantitative estimate of drug-likeness (QED) is 0.156. The van der Waals surface area contributed by atoms with Crippen molar-refractivity contribution in [1.82, 2.24) is 5.32 Å². The fourth-order valence-corrected chi connectivity index (χ4v) is 5.07. The number of halogens is 1. The Morgan fingerprint density at radius 3 is 2.36 bits per heavy atom. The van der Waals surface area contributed by atoms with Gasteiger partial charge in [0.1, 0.15) is 17.9 Å². The van der Waals surface area contributed by atoms with E-state index in [4.69, 9.17) is 14.2 Å². The van der Waals surface area contributed by atoms with Crippen LogP contribution in [0.3, 0.4) is 0 Å². The van der Waals surface area contributed by atoms with E-state index < -0.39 is 17.8 Å². The first-order valence-electron chi connectivity index (χ1n) is 13.8. The number of hydrogen-bond acceptors (Lipinski definition) is 7. The number of benzene rings is 4. The van der Waals surface area contributed by atoms with Gasteiger partial charge in [-0.15, -0.1) is 0 Å². The zero-order valence-electron chi connectivity index (χ0n) is 24.3. The Hall–Kier alpha value is -5.42. The number of imide groups is 2. The van der Waals surface area contributed by atoms with E-state index in [1.807, 2.05) is 55.5 Å². The number of carbonyl (C=O) groups excluding carboxylic acids is 4. The third-order valence-corrected chi connectivity index (χ3v) is 7.36. The first-order chi connectivity index (χ1) is 21.7. The average molecular weight is 671 g/mol. The largest absolute Gasteiger partial charge is 0.493 e. The van der Waals surface area contributed by atoms with Gasteiger partial charge in [0.15, 0.2) is 18.1 Å². The third-order valence-electron chi connectivity index (χ3n) is 6.77. The van der Waals surface area contributed by atoms with Gasteiger partial charge in [-0.2, -0.15) is 0 Å². The molecule has 4 aromatic rings. The molecule has 0 radical (unpaired) electrons. The molecular weight excluding hydrogens is 642 g/mol. The maximum absolute atomic E-state index is 13.4. The normalized spacial score (nSPS) is 13.8. The molecule has 1 saturated heterocycles. The van der Waals surface area contributed by atoms with Crippen molar-refractivity contribution >= 4 is 57.1 Å². The summed E-state index contributed by atoms with van der Waals surface area (Å²) in [7, 11) is 1.42. The smallest absolute Gasteiger partial charge is 0.335 e. The molecule has 0 unspecified atom stereocenters. The van der Waals surface area contributed by atoms with Crippen molar-refractivity contribution in [3.8, 4) is 17.2 Å². The number of nitrogens with one attached hydrogen (secondary N) is 2. The molecule has 0 saturated carbocycles. The van der Waals surface area contributed by atoms with E-state index in [2.05, 4.69) is 26.6 Å². The van der Waals surface area contributed by atoms with Gasteiger partial charge >= 0.3 is 6.03 Å². The first kappa shape index (κ1) is 31.0. The van der Waals surface area contributed by atoms with E-state index in [0.29, 0.717) is 28.1 Å². The van der Waals surface area contributed by atoms with Gasteiger partial charge in [0.05, 0.1) is 17.3 Å². The molecule has 1 heterocycles. The van der Waals surface area contributed by atoms with Crippen LogP contribution in [0.5, 0.6) is 17.2 Å². The second kappa shape index (κ2) is 13.9. The van der Waals surface area contributed by atoms with Crippen molar-refractivity contribution in [2.24, 2.45) is 0 Å². The Morgan fingerprint density at radius 2 is 1.64 bits per heavy atom. The summed E-state index contributed by atoms with van der Waals surface area (Å²) in [5.74, 6) is -0.953. The highest BCUT2D eigenvalue weighted by Gasteiger charge is 2.37. The number of para-hydroxylation sites is 1. The summed E-state index contributed by atoms with van der Waals surface area (Å²) in [6, 6.07) is 25.7. The second-order valence-electron chi connectivity index (χ2n) is 9.91. The van der Waals surface area contributed by atoms with E-state index in [1.165, 1.54) is 13.2 Å². The summed E-state index contributed by atoms with van der Waals surface area (Å²) in [4.78, 5) is 52.3. The van der Waals surface area contributed by atoms with E-state index in [-0.39, 0.29) is 35.3 Å². The van der Waals surface area contributed by atoms with Gasteiger partial charge in [0, 0.05) is 5.69 Å². The minimum atomic E-state index is -0.869. The van der Waals surface area contributed by atoms with E-state index in [0.717, 1.165) is 16.0 Å². The van der Waals surface area contributed by atoms with Crippen LogP contribution in [0.4, 0.5) is 16.2 Å². The molecule has 1 aliphatic rings. The van der Waals surface area contributed by atoms with Crippen molar-refractivity contribution < 1.29 is 33.4 Å². The highest BCUT2D eigenvalue weighted by molar-refractivity contribution is 9.10. The Balaban J connectivity index is 1.31. The monoisotopic (exact) mass is 669 g/mol. The Bertz CT molecular complexity index is 1790. The van der Waals surface area contributed by atoms with Crippen molar-refractivity contribution in [3.63, 3.8) is 0 Å². The molecular formula is C34H28BrN3O7. The lowest BCUT2D eigenvalue weighted by Crippen LogP contribution is -2.54. The summed E-state index contributed by atoms with van der Waals surface area (Å²) < 4.78 is 17.4. The molecule has 10 nitrogen and oxygen atoms in total. The molecule has 5 rings (SSSR count). The maximum Gasteiger partial charge on any atom is 0.335 e. The average Bonchev–Trinajstić information content (AvgIpc) is 3.03. The van der Waals surface area contributed by atoms with Crippen LogP contribution in [0.15, 0.2) is 101 Å². The Labute approximate surface area is 267 Å². The second-order valence-corrected chi connectivity index (χ2v) is 10.8. The summed E-state index contributed by atoms with van der Waals surface area (Å²) in [5, 5.41) is 5.02. The minimum absolute atomic E-state index is 0.252. The summed E-state index contributed by atoms with van der Waals surface area (Å²) >= 11 is 3.43. The van der Waals surface area contributed by atoms with Crippen LogP contribution in [-0.2, 0) is 21.0 Å². The standard InChI is InChI=1S/C34H28BrN3O7/c1-21-8-6-7-11-28(21)36-30(39)20-45-31-27(35)17-23(18-29(31)43-2)16-26-32(40)37-34(42)38(33(26)41)24-12-14-25(15-13-24)44-19-22-9-4-3-5-10-22/h3-18H,19-20H2,1-2H3,(H,36,39)(H,37,40,42)/b26-16-. The van der Waals surface area contributed by atoms with Crippen LogP contribution in [0, 0.1) is 6.92 Å². The van der Waals surface area contributed by atoms with Gasteiger partial charge in [-0.25, -0.2) is 9.69 Å².